The molecular weight excluding hydrogens is 340 g/mol. The molecule has 0 heterocycles. The normalized spacial score (nSPS) is 45.8. The molecule has 4 nitrogen and oxygen atoms in total. The van der Waals surface area contributed by atoms with Crippen LogP contribution in [0.25, 0.3) is 0 Å². The number of esters is 2. The van der Waals surface area contributed by atoms with Crippen molar-refractivity contribution in [3.8, 4) is 0 Å². The monoisotopic (exact) mass is 374 g/mol. The van der Waals surface area contributed by atoms with E-state index in [2.05, 4.69) is 19.9 Å². The van der Waals surface area contributed by atoms with Crippen molar-refractivity contribution in [2.75, 3.05) is 0 Å². The third kappa shape index (κ3) is 3.03. The van der Waals surface area contributed by atoms with Gasteiger partial charge >= 0.3 is 11.9 Å². The van der Waals surface area contributed by atoms with Crippen LogP contribution in [0, 0.1) is 28.6 Å². The topological polar surface area (TPSA) is 52.6 Å². The highest BCUT2D eigenvalue weighted by Gasteiger charge is 2.59. The third-order valence-electron chi connectivity index (χ3n) is 8.61. The molecule has 7 atom stereocenters. The summed E-state index contributed by atoms with van der Waals surface area (Å²) in [7, 11) is 0. The van der Waals surface area contributed by atoms with E-state index in [1.807, 2.05) is 0 Å². The molecule has 150 valence electrons. The second-order valence-corrected chi connectivity index (χ2v) is 9.95. The zero-order valence-corrected chi connectivity index (χ0v) is 17.3. The first-order chi connectivity index (χ1) is 12.7. The number of carbonyl (C=O) groups excluding carboxylic acids is 2. The Hall–Kier alpha value is -1.32. The lowest BCUT2D eigenvalue weighted by Crippen LogP contribution is -2.51. The lowest BCUT2D eigenvalue weighted by Gasteiger charge is -2.57. The number of hydrogen-bond acceptors (Lipinski definition) is 4. The Morgan fingerprint density at radius 3 is 2.41 bits per heavy atom. The first-order valence-corrected chi connectivity index (χ1v) is 10.8. The number of rotatable bonds is 2. The second kappa shape index (κ2) is 6.63. The minimum absolute atomic E-state index is 0.0621. The largest absolute Gasteiger partial charge is 0.462 e. The number of carbonyl (C=O) groups is 2. The Bertz CT molecular complexity index is 667. The van der Waals surface area contributed by atoms with Crippen LogP contribution in [0.4, 0.5) is 0 Å². The molecule has 4 rings (SSSR count). The van der Waals surface area contributed by atoms with Crippen molar-refractivity contribution in [2.45, 2.75) is 91.3 Å². The van der Waals surface area contributed by atoms with E-state index in [-0.39, 0.29) is 35.0 Å². The van der Waals surface area contributed by atoms with Gasteiger partial charge in [0, 0.05) is 25.7 Å². The van der Waals surface area contributed by atoms with Crippen LogP contribution in [0.3, 0.4) is 0 Å². The molecule has 0 bridgehead atoms. The third-order valence-corrected chi connectivity index (χ3v) is 8.61. The van der Waals surface area contributed by atoms with Crippen LogP contribution < -0.4 is 0 Å². The Kier molecular flexibility index (Phi) is 4.67. The molecule has 0 amide bonds. The van der Waals surface area contributed by atoms with Crippen molar-refractivity contribution in [1.82, 2.24) is 0 Å². The molecule has 0 N–H and O–H groups in total. The zero-order valence-electron chi connectivity index (χ0n) is 17.3. The van der Waals surface area contributed by atoms with Crippen LogP contribution in [0.15, 0.2) is 11.6 Å². The number of allylic oxidation sites excluding steroid dienone is 1. The summed E-state index contributed by atoms with van der Waals surface area (Å²) >= 11 is 0. The first-order valence-electron chi connectivity index (χ1n) is 10.8. The maximum Gasteiger partial charge on any atom is 0.302 e. The molecule has 0 aromatic carbocycles. The van der Waals surface area contributed by atoms with Gasteiger partial charge in [-0.05, 0) is 68.1 Å². The summed E-state index contributed by atoms with van der Waals surface area (Å²) in [5, 5.41) is 0. The van der Waals surface area contributed by atoms with Gasteiger partial charge in [0.05, 0.1) is 0 Å². The van der Waals surface area contributed by atoms with Gasteiger partial charge in [-0.25, -0.2) is 0 Å². The minimum Gasteiger partial charge on any atom is -0.462 e. The van der Waals surface area contributed by atoms with Gasteiger partial charge in [-0.1, -0.05) is 25.5 Å². The fraction of sp³-hybridized carbons (Fsp3) is 0.826. The second-order valence-electron chi connectivity index (χ2n) is 9.95. The van der Waals surface area contributed by atoms with Gasteiger partial charge in [-0.15, -0.1) is 0 Å². The maximum absolute atomic E-state index is 11.6. The molecule has 0 aliphatic heterocycles. The SMILES string of the molecule is CC(=O)O[C@H]1CC[C@@]2(C)C(=CC[C@H]3[C@@H]4CC[C@@H](OC(C)=O)[C@@]4(C)CC[C@@H]32)C1. The van der Waals surface area contributed by atoms with Crippen molar-refractivity contribution in [3.05, 3.63) is 11.6 Å². The van der Waals surface area contributed by atoms with Crippen LogP contribution in [0.1, 0.15) is 79.1 Å². The van der Waals surface area contributed by atoms with E-state index in [0.717, 1.165) is 38.5 Å². The molecule has 4 heteroatoms. The van der Waals surface area contributed by atoms with E-state index in [1.54, 1.807) is 6.92 Å². The van der Waals surface area contributed by atoms with Gasteiger partial charge in [-0.3, -0.25) is 9.59 Å². The summed E-state index contributed by atoms with van der Waals surface area (Å²) in [6, 6.07) is 0. The number of hydrogen-bond donors (Lipinski definition) is 0. The molecule has 4 aliphatic rings. The molecule has 0 aromatic rings. The Balaban J connectivity index is 1.55. The smallest absolute Gasteiger partial charge is 0.302 e. The van der Waals surface area contributed by atoms with Crippen LogP contribution >= 0.6 is 0 Å². The van der Waals surface area contributed by atoms with E-state index >= 15 is 0 Å². The van der Waals surface area contributed by atoms with Crippen molar-refractivity contribution in [1.29, 1.82) is 0 Å². The highest BCUT2D eigenvalue weighted by atomic mass is 16.5. The summed E-state index contributed by atoms with van der Waals surface area (Å²) in [6.07, 6.45) is 11.4. The van der Waals surface area contributed by atoms with Gasteiger partial charge in [0.15, 0.2) is 0 Å². The van der Waals surface area contributed by atoms with Crippen molar-refractivity contribution in [2.24, 2.45) is 28.6 Å². The summed E-state index contributed by atoms with van der Waals surface area (Å²) in [6.45, 7) is 7.88. The Labute approximate surface area is 163 Å². The van der Waals surface area contributed by atoms with E-state index in [9.17, 15) is 9.59 Å². The predicted octanol–water partition coefficient (Wildman–Crippen LogP) is 4.81. The standard InChI is InChI=1S/C23H34O4/c1-14(24)26-17-9-11-22(3)16(13-17)5-6-18-19-7-8-21(27-15(2)25)23(19,4)12-10-20(18)22/h5,17-21H,6-13H2,1-4H3/t17-,18-,19-,20-,21+,22-,23-/m0/s1. The molecule has 3 saturated carbocycles. The van der Waals surface area contributed by atoms with Crippen molar-refractivity contribution < 1.29 is 19.1 Å². The summed E-state index contributed by atoms with van der Waals surface area (Å²) in [5.41, 5.74) is 1.92. The van der Waals surface area contributed by atoms with E-state index < -0.39 is 0 Å². The van der Waals surface area contributed by atoms with E-state index in [4.69, 9.17) is 9.47 Å². The van der Waals surface area contributed by atoms with Gasteiger partial charge in [0.2, 0.25) is 0 Å². The number of fused-ring (bicyclic) bond motifs is 5. The molecule has 4 aliphatic carbocycles. The van der Waals surface area contributed by atoms with Gasteiger partial charge in [0.1, 0.15) is 12.2 Å². The highest BCUT2D eigenvalue weighted by Crippen LogP contribution is 2.65. The molecular formula is C23H34O4. The average Bonchev–Trinajstić information content (AvgIpc) is 2.91. The van der Waals surface area contributed by atoms with Crippen LogP contribution in [0.5, 0.6) is 0 Å². The van der Waals surface area contributed by atoms with E-state index in [1.165, 1.54) is 25.3 Å². The highest BCUT2D eigenvalue weighted by molar-refractivity contribution is 5.66. The predicted molar refractivity (Wildman–Crippen MR) is 103 cm³/mol. The van der Waals surface area contributed by atoms with Crippen LogP contribution in [-0.2, 0) is 19.1 Å². The number of ether oxygens (including phenoxy) is 2. The molecule has 0 spiro atoms. The van der Waals surface area contributed by atoms with Gasteiger partial charge in [-0.2, -0.15) is 0 Å². The molecule has 3 fully saturated rings. The van der Waals surface area contributed by atoms with Gasteiger partial charge < -0.3 is 9.47 Å². The molecule has 0 saturated heterocycles. The van der Waals surface area contributed by atoms with Crippen molar-refractivity contribution in [3.63, 3.8) is 0 Å². The Morgan fingerprint density at radius 2 is 1.70 bits per heavy atom. The first kappa shape index (κ1) is 19.0. The Morgan fingerprint density at radius 1 is 0.963 bits per heavy atom. The lowest BCUT2D eigenvalue weighted by molar-refractivity contribution is -0.157. The van der Waals surface area contributed by atoms with Crippen molar-refractivity contribution >= 4 is 11.9 Å². The van der Waals surface area contributed by atoms with Crippen LogP contribution in [0.2, 0.25) is 0 Å². The summed E-state index contributed by atoms with van der Waals surface area (Å²) in [5.74, 6) is 1.77. The fourth-order valence-electron chi connectivity index (χ4n) is 7.31. The molecule has 0 unspecified atom stereocenters. The van der Waals surface area contributed by atoms with Crippen LogP contribution in [-0.4, -0.2) is 24.1 Å². The summed E-state index contributed by atoms with van der Waals surface area (Å²) in [4.78, 5) is 22.9. The molecule has 27 heavy (non-hydrogen) atoms. The average molecular weight is 375 g/mol. The quantitative estimate of drug-likeness (QED) is 0.514. The molecule has 0 radical (unpaired) electrons. The summed E-state index contributed by atoms with van der Waals surface area (Å²) < 4.78 is 11.3. The van der Waals surface area contributed by atoms with E-state index in [0.29, 0.717) is 17.8 Å². The van der Waals surface area contributed by atoms with Gasteiger partial charge in [0.25, 0.3) is 0 Å². The lowest BCUT2D eigenvalue weighted by atomic mass is 9.48. The maximum atomic E-state index is 11.6. The molecule has 0 aromatic heterocycles. The fourth-order valence-corrected chi connectivity index (χ4v) is 7.31. The zero-order chi connectivity index (χ0) is 19.4. The minimum atomic E-state index is -0.159.